The number of hydrogen-bond acceptors (Lipinski definition) is 4. The average molecular weight is 346 g/mol. The number of hydrogen-bond donors (Lipinski definition) is 0. The van der Waals surface area contributed by atoms with Crippen LogP contribution >= 0.6 is 0 Å². The third-order valence-electron chi connectivity index (χ3n) is 4.54. The van der Waals surface area contributed by atoms with Crippen LogP contribution in [0.3, 0.4) is 0 Å². The van der Waals surface area contributed by atoms with Gasteiger partial charge >= 0.3 is 5.63 Å². The highest BCUT2D eigenvalue weighted by molar-refractivity contribution is 7.84. The van der Waals surface area contributed by atoms with Crippen LogP contribution in [0.1, 0.15) is 49.3 Å². The Kier molecular flexibility index (Phi) is 5.51. The average Bonchev–Trinajstić information content (AvgIpc) is 2.64. The lowest BCUT2D eigenvalue weighted by molar-refractivity contribution is 0.339. The van der Waals surface area contributed by atoms with Crippen molar-refractivity contribution in [1.29, 1.82) is 0 Å². The van der Waals surface area contributed by atoms with Crippen LogP contribution in [0.2, 0.25) is 0 Å². The largest absolute Gasteiger partial charge is 0.496 e. The molecule has 5 heteroatoms. The highest BCUT2D eigenvalue weighted by Gasteiger charge is 2.22. The van der Waals surface area contributed by atoms with Crippen molar-refractivity contribution in [3.8, 4) is 5.75 Å². The van der Waals surface area contributed by atoms with Gasteiger partial charge in [0.2, 0.25) is 0 Å². The molecule has 0 spiro atoms. The predicted octanol–water partition coefficient (Wildman–Crippen LogP) is 4.00. The molecule has 0 bridgehead atoms. The maximum atomic E-state index is 12.5. The summed E-state index contributed by atoms with van der Waals surface area (Å²) in [5, 5.41) is 0. The summed E-state index contributed by atoms with van der Waals surface area (Å²) >= 11 is 0. The molecule has 24 heavy (non-hydrogen) atoms. The summed E-state index contributed by atoms with van der Waals surface area (Å²) < 4.78 is 23.5. The number of methoxy groups -OCH3 is 1. The van der Waals surface area contributed by atoms with Gasteiger partial charge in [-0.2, -0.15) is 0 Å². The monoisotopic (exact) mass is 346 g/mol. The van der Waals surface area contributed by atoms with Gasteiger partial charge in [-0.1, -0.05) is 37.5 Å². The minimum absolute atomic E-state index is 0.0977. The second kappa shape index (κ2) is 7.79. The molecule has 0 aliphatic heterocycles. The molecule has 1 aromatic carbocycles. The number of ether oxygens (including phenoxy) is 1. The zero-order valence-corrected chi connectivity index (χ0v) is 14.6. The van der Waals surface area contributed by atoms with Crippen LogP contribution in [0.5, 0.6) is 5.75 Å². The quantitative estimate of drug-likeness (QED) is 0.821. The smallest absolute Gasteiger partial charge is 0.343 e. The van der Waals surface area contributed by atoms with E-state index >= 15 is 0 Å². The summed E-state index contributed by atoms with van der Waals surface area (Å²) in [6.07, 6.45) is 5.65. The van der Waals surface area contributed by atoms with Crippen LogP contribution < -0.4 is 10.4 Å². The lowest BCUT2D eigenvalue weighted by Crippen LogP contribution is -2.15. The molecular formula is C19H22O4S. The Bertz CT molecular complexity index is 761. The van der Waals surface area contributed by atoms with Crippen molar-refractivity contribution in [2.45, 2.75) is 48.7 Å². The third-order valence-corrected chi connectivity index (χ3v) is 5.89. The lowest BCUT2D eigenvalue weighted by Gasteiger charge is -2.21. The first-order valence-corrected chi connectivity index (χ1v) is 9.65. The van der Waals surface area contributed by atoms with Crippen LogP contribution in [-0.2, 0) is 16.6 Å². The molecule has 1 saturated carbocycles. The van der Waals surface area contributed by atoms with Gasteiger partial charge in [0, 0.05) is 16.9 Å². The molecule has 1 fully saturated rings. The minimum Gasteiger partial charge on any atom is -0.496 e. The van der Waals surface area contributed by atoms with Crippen molar-refractivity contribution in [2.75, 3.05) is 7.11 Å². The van der Waals surface area contributed by atoms with E-state index < -0.39 is 16.4 Å². The zero-order chi connectivity index (χ0) is 16.9. The molecular weight excluding hydrogens is 324 g/mol. The molecule has 1 atom stereocenters. The van der Waals surface area contributed by atoms with E-state index in [0.29, 0.717) is 22.0 Å². The van der Waals surface area contributed by atoms with E-state index in [-0.39, 0.29) is 11.7 Å². The summed E-state index contributed by atoms with van der Waals surface area (Å²) in [6.45, 7) is 0. The highest BCUT2D eigenvalue weighted by atomic mass is 32.2. The van der Waals surface area contributed by atoms with Crippen molar-refractivity contribution < 1.29 is 13.4 Å². The van der Waals surface area contributed by atoms with Crippen molar-refractivity contribution in [3.05, 3.63) is 58.1 Å². The van der Waals surface area contributed by atoms with E-state index in [1.54, 1.807) is 12.1 Å². The number of rotatable bonds is 5. The van der Waals surface area contributed by atoms with Gasteiger partial charge in [0.25, 0.3) is 0 Å². The van der Waals surface area contributed by atoms with E-state index in [1.807, 2.05) is 24.3 Å². The number of benzene rings is 1. The topological polar surface area (TPSA) is 56.5 Å². The summed E-state index contributed by atoms with van der Waals surface area (Å²) in [4.78, 5) is 13.1. The predicted molar refractivity (Wildman–Crippen MR) is 93.9 cm³/mol. The molecule has 0 N–H and O–H groups in total. The molecule has 0 amide bonds. The van der Waals surface area contributed by atoms with E-state index in [0.717, 1.165) is 25.7 Å². The van der Waals surface area contributed by atoms with Crippen LogP contribution in [-0.4, -0.2) is 11.3 Å². The Balaban J connectivity index is 1.88. The summed E-state index contributed by atoms with van der Waals surface area (Å²) in [5.74, 6) is 1.57. The minimum atomic E-state index is -1.31. The molecule has 3 rings (SSSR count). The lowest BCUT2D eigenvalue weighted by atomic mass is 9.87. The molecule has 4 nitrogen and oxygen atoms in total. The first-order valence-electron chi connectivity index (χ1n) is 8.33. The van der Waals surface area contributed by atoms with E-state index in [4.69, 9.17) is 9.15 Å². The first kappa shape index (κ1) is 17.0. The Morgan fingerprint density at radius 3 is 2.54 bits per heavy atom. The van der Waals surface area contributed by atoms with Crippen LogP contribution in [0.4, 0.5) is 0 Å². The highest BCUT2D eigenvalue weighted by Crippen LogP contribution is 2.34. The maximum Gasteiger partial charge on any atom is 0.343 e. The Hall–Kier alpha value is -1.88. The molecule has 0 saturated heterocycles. The van der Waals surface area contributed by atoms with Gasteiger partial charge in [-0.05, 0) is 25.0 Å². The molecule has 2 aromatic rings. The van der Waals surface area contributed by atoms with Crippen molar-refractivity contribution in [3.63, 3.8) is 0 Å². The molecule has 1 aromatic heterocycles. The molecule has 1 aliphatic rings. The second-order valence-electron chi connectivity index (χ2n) is 6.12. The molecule has 1 heterocycles. The van der Waals surface area contributed by atoms with Gasteiger partial charge in [-0.25, -0.2) is 4.79 Å². The fraction of sp³-hybridized carbons (Fsp3) is 0.421. The van der Waals surface area contributed by atoms with Crippen LogP contribution in [0.25, 0.3) is 0 Å². The summed E-state index contributed by atoms with van der Waals surface area (Å²) in [6, 6.07) is 10.9. The summed E-state index contributed by atoms with van der Waals surface area (Å²) in [5.41, 5.74) is -0.0848. The zero-order valence-electron chi connectivity index (χ0n) is 13.8. The van der Waals surface area contributed by atoms with Crippen molar-refractivity contribution >= 4 is 10.8 Å². The Labute approximate surface area is 144 Å². The van der Waals surface area contributed by atoms with Crippen LogP contribution in [0, 0.1) is 0 Å². The first-order chi connectivity index (χ1) is 11.7. The normalized spacial score (nSPS) is 16.7. The third kappa shape index (κ3) is 3.78. The van der Waals surface area contributed by atoms with Crippen molar-refractivity contribution in [1.82, 2.24) is 0 Å². The van der Waals surface area contributed by atoms with E-state index in [1.165, 1.54) is 13.5 Å². The van der Waals surface area contributed by atoms with E-state index in [9.17, 15) is 9.00 Å². The van der Waals surface area contributed by atoms with Gasteiger partial charge in [0.1, 0.15) is 11.5 Å². The SMILES string of the molecule is COc1cc(C2CCCCC2)oc(=O)c1CS(=O)c1ccccc1. The summed E-state index contributed by atoms with van der Waals surface area (Å²) in [7, 11) is 0.228. The Morgan fingerprint density at radius 1 is 1.17 bits per heavy atom. The molecule has 128 valence electrons. The van der Waals surface area contributed by atoms with E-state index in [2.05, 4.69) is 0 Å². The van der Waals surface area contributed by atoms with Crippen molar-refractivity contribution in [2.24, 2.45) is 0 Å². The van der Waals surface area contributed by atoms with Gasteiger partial charge < -0.3 is 9.15 Å². The molecule has 1 aliphatic carbocycles. The fourth-order valence-corrected chi connectivity index (χ4v) is 4.35. The standard InChI is InChI=1S/C19H22O4S/c1-22-18-12-17(14-8-4-2-5-9-14)23-19(20)16(18)13-24(21)15-10-6-3-7-11-15/h3,6-7,10-12,14H,2,4-5,8-9,13H2,1H3. The van der Waals surface area contributed by atoms with Gasteiger partial charge in [0.15, 0.2) is 0 Å². The van der Waals surface area contributed by atoms with Crippen LogP contribution in [0.15, 0.2) is 50.5 Å². The maximum absolute atomic E-state index is 12.5. The second-order valence-corrected chi connectivity index (χ2v) is 7.57. The van der Waals surface area contributed by atoms with Gasteiger partial charge in [0.05, 0.1) is 29.2 Å². The Morgan fingerprint density at radius 2 is 1.88 bits per heavy atom. The van der Waals surface area contributed by atoms with Gasteiger partial charge in [-0.15, -0.1) is 0 Å². The van der Waals surface area contributed by atoms with Gasteiger partial charge in [-0.3, -0.25) is 4.21 Å². The molecule has 1 unspecified atom stereocenters. The fourth-order valence-electron chi connectivity index (χ4n) is 3.20. The molecule has 0 radical (unpaired) electrons.